The molecule has 1 amide bonds. The molecule has 1 aromatic rings. The number of hydrogen-bond acceptors (Lipinski definition) is 4. The number of carboxylic acid groups (broad SMARTS) is 1. The normalized spacial score (nSPS) is 19.0. The van der Waals surface area contributed by atoms with Crippen LogP contribution in [0.15, 0.2) is 23.1 Å². The molecule has 1 aliphatic heterocycles. The SMILES string of the molecule is Cc1ccc(S(=O)(=O)NC2CCN(C)C2=O)cc1C(=O)O. The molecule has 1 unspecified atom stereocenters. The van der Waals surface area contributed by atoms with Crippen molar-refractivity contribution < 1.29 is 23.1 Å². The zero-order chi connectivity index (χ0) is 15.8. The van der Waals surface area contributed by atoms with Crippen molar-refractivity contribution in [3.8, 4) is 0 Å². The average molecular weight is 312 g/mol. The van der Waals surface area contributed by atoms with Gasteiger partial charge in [-0.25, -0.2) is 13.2 Å². The molecule has 0 aliphatic carbocycles. The number of benzene rings is 1. The van der Waals surface area contributed by atoms with Gasteiger partial charge in [0.15, 0.2) is 0 Å². The van der Waals surface area contributed by atoms with Gasteiger partial charge < -0.3 is 10.0 Å². The predicted molar refractivity (Wildman–Crippen MR) is 74.5 cm³/mol. The summed E-state index contributed by atoms with van der Waals surface area (Å²) in [5.41, 5.74) is 0.394. The number of likely N-dealkylation sites (tertiary alicyclic amines) is 1. The van der Waals surface area contributed by atoms with E-state index < -0.39 is 22.0 Å². The zero-order valence-corrected chi connectivity index (χ0v) is 12.5. The van der Waals surface area contributed by atoms with Gasteiger partial charge in [-0.2, -0.15) is 4.72 Å². The molecule has 0 spiro atoms. The Balaban J connectivity index is 2.30. The van der Waals surface area contributed by atoms with E-state index in [0.717, 1.165) is 6.07 Å². The van der Waals surface area contributed by atoms with Crippen LogP contribution in [0.4, 0.5) is 0 Å². The molecule has 2 N–H and O–H groups in total. The molecule has 8 heteroatoms. The van der Waals surface area contributed by atoms with Gasteiger partial charge in [0.05, 0.1) is 10.5 Å². The van der Waals surface area contributed by atoms with Crippen molar-refractivity contribution in [2.75, 3.05) is 13.6 Å². The van der Waals surface area contributed by atoms with Crippen molar-refractivity contribution >= 4 is 21.9 Å². The number of carboxylic acids is 1. The number of hydrogen-bond donors (Lipinski definition) is 2. The van der Waals surface area contributed by atoms with Crippen molar-refractivity contribution in [2.24, 2.45) is 0 Å². The van der Waals surface area contributed by atoms with Gasteiger partial charge in [-0.1, -0.05) is 6.07 Å². The van der Waals surface area contributed by atoms with E-state index in [2.05, 4.69) is 4.72 Å². The molecule has 1 aliphatic rings. The second-order valence-electron chi connectivity index (χ2n) is 5.00. The van der Waals surface area contributed by atoms with E-state index >= 15 is 0 Å². The second kappa shape index (κ2) is 5.45. The Morgan fingerprint density at radius 1 is 1.43 bits per heavy atom. The van der Waals surface area contributed by atoms with E-state index in [1.165, 1.54) is 17.0 Å². The number of rotatable bonds is 4. The molecule has 7 nitrogen and oxygen atoms in total. The van der Waals surface area contributed by atoms with Crippen LogP contribution in [0.3, 0.4) is 0 Å². The lowest BCUT2D eigenvalue weighted by Crippen LogP contribution is -2.40. The highest BCUT2D eigenvalue weighted by atomic mass is 32.2. The van der Waals surface area contributed by atoms with Crippen LogP contribution in [0.2, 0.25) is 0 Å². The number of carbonyl (C=O) groups excluding carboxylic acids is 1. The second-order valence-corrected chi connectivity index (χ2v) is 6.72. The van der Waals surface area contributed by atoms with E-state index in [0.29, 0.717) is 18.5 Å². The molecule has 1 atom stereocenters. The lowest BCUT2D eigenvalue weighted by Gasteiger charge is -2.13. The Morgan fingerprint density at radius 2 is 2.10 bits per heavy atom. The fourth-order valence-electron chi connectivity index (χ4n) is 2.19. The molecule has 0 radical (unpaired) electrons. The minimum atomic E-state index is -3.93. The highest BCUT2D eigenvalue weighted by Crippen LogP contribution is 2.18. The lowest BCUT2D eigenvalue weighted by atomic mass is 10.1. The number of nitrogens with zero attached hydrogens (tertiary/aromatic N) is 1. The monoisotopic (exact) mass is 312 g/mol. The molecule has 1 aromatic carbocycles. The van der Waals surface area contributed by atoms with Gasteiger partial charge in [0.2, 0.25) is 15.9 Å². The maximum absolute atomic E-state index is 12.3. The number of aryl methyl sites for hydroxylation is 1. The van der Waals surface area contributed by atoms with Crippen LogP contribution >= 0.6 is 0 Å². The van der Waals surface area contributed by atoms with Crippen molar-refractivity contribution in [1.29, 1.82) is 0 Å². The Kier molecular flexibility index (Phi) is 4.02. The van der Waals surface area contributed by atoms with E-state index in [1.54, 1.807) is 14.0 Å². The summed E-state index contributed by atoms with van der Waals surface area (Å²) in [6.07, 6.45) is 0.395. The molecular weight excluding hydrogens is 296 g/mol. The van der Waals surface area contributed by atoms with Gasteiger partial charge in [-0.3, -0.25) is 4.79 Å². The molecule has 2 rings (SSSR count). The summed E-state index contributed by atoms with van der Waals surface area (Å²) in [5, 5.41) is 9.04. The molecule has 0 aromatic heterocycles. The predicted octanol–water partition coefficient (Wildman–Crippen LogP) is 0.202. The zero-order valence-electron chi connectivity index (χ0n) is 11.7. The molecule has 0 bridgehead atoms. The van der Waals surface area contributed by atoms with Gasteiger partial charge in [0.1, 0.15) is 6.04 Å². The van der Waals surface area contributed by atoms with Crippen molar-refractivity contribution in [2.45, 2.75) is 24.3 Å². The fraction of sp³-hybridized carbons (Fsp3) is 0.385. The van der Waals surface area contributed by atoms with Gasteiger partial charge in [-0.15, -0.1) is 0 Å². The summed E-state index contributed by atoms with van der Waals surface area (Å²) in [5.74, 6) is -1.48. The first-order chi connectivity index (χ1) is 9.72. The topological polar surface area (TPSA) is 104 Å². The molecule has 1 heterocycles. The first-order valence-corrected chi connectivity index (χ1v) is 7.82. The van der Waals surface area contributed by atoms with E-state index in [9.17, 15) is 18.0 Å². The summed E-state index contributed by atoms with van der Waals surface area (Å²) in [6.45, 7) is 2.07. The number of sulfonamides is 1. The van der Waals surface area contributed by atoms with Crippen LogP contribution in [0.1, 0.15) is 22.3 Å². The van der Waals surface area contributed by atoms with Crippen LogP contribution in [0.5, 0.6) is 0 Å². The summed E-state index contributed by atoms with van der Waals surface area (Å²) >= 11 is 0. The quantitative estimate of drug-likeness (QED) is 0.826. The molecule has 0 saturated carbocycles. The highest BCUT2D eigenvalue weighted by molar-refractivity contribution is 7.89. The third kappa shape index (κ3) is 3.06. The van der Waals surface area contributed by atoms with Gasteiger partial charge in [0.25, 0.3) is 0 Å². The summed E-state index contributed by atoms with van der Waals surface area (Å²) in [4.78, 5) is 24.1. The van der Waals surface area contributed by atoms with Gasteiger partial charge in [-0.05, 0) is 31.0 Å². The van der Waals surface area contributed by atoms with Crippen molar-refractivity contribution in [3.63, 3.8) is 0 Å². The molecule has 114 valence electrons. The minimum absolute atomic E-state index is 0.0762. The molecule has 1 saturated heterocycles. The standard InChI is InChI=1S/C13H16N2O5S/c1-8-3-4-9(7-10(8)13(17)18)21(19,20)14-11-5-6-15(2)12(11)16/h3-4,7,11,14H,5-6H2,1-2H3,(H,17,18). The van der Waals surface area contributed by atoms with E-state index in [1.807, 2.05) is 0 Å². The third-order valence-corrected chi connectivity index (χ3v) is 4.94. The smallest absolute Gasteiger partial charge is 0.335 e. The largest absolute Gasteiger partial charge is 0.478 e. The summed E-state index contributed by atoms with van der Waals surface area (Å²) in [7, 11) is -2.33. The Bertz CT molecular complexity index is 699. The summed E-state index contributed by atoms with van der Waals surface area (Å²) < 4.78 is 26.8. The Morgan fingerprint density at radius 3 is 2.62 bits per heavy atom. The van der Waals surface area contributed by atoms with E-state index in [-0.39, 0.29) is 16.4 Å². The number of carbonyl (C=O) groups is 2. The van der Waals surface area contributed by atoms with Crippen molar-refractivity contribution in [1.82, 2.24) is 9.62 Å². The Labute approximate surface area is 122 Å². The number of nitrogens with one attached hydrogen (secondary N) is 1. The maximum Gasteiger partial charge on any atom is 0.335 e. The van der Waals surface area contributed by atoms with Crippen LogP contribution in [-0.4, -0.2) is 49.9 Å². The van der Waals surface area contributed by atoms with Crippen molar-refractivity contribution in [3.05, 3.63) is 29.3 Å². The third-order valence-electron chi connectivity index (χ3n) is 3.47. The van der Waals surface area contributed by atoms with Crippen LogP contribution in [-0.2, 0) is 14.8 Å². The number of aromatic carboxylic acids is 1. The molecular formula is C13H16N2O5S. The van der Waals surface area contributed by atoms with Gasteiger partial charge in [0, 0.05) is 13.6 Å². The van der Waals surface area contributed by atoms with E-state index in [4.69, 9.17) is 5.11 Å². The minimum Gasteiger partial charge on any atom is -0.478 e. The average Bonchev–Trinajstić information content (AvgIpc) is 2.70. The highest BCUT2D eigenvalue weighted by Gasteiger charge is 2.33. The summed E-state index contributed by atoms with van der Waals surface area (Å²) in [6, 6.07) is 3.06. The number of amides is 1. The first kappa shape index (κ1) is 15.5. The molecule has 1 fully saturated rings. The Hall–Kier alpha value is -1.93. The maximum atomic E-state index is 12.3. The van der Waals surface area contributed by atoms with Crippen LogP contribution in [0.25, 0.3) is 0 Å². The molecule has 21 heavy (non-hydrogen) atoms. The first-order valence-electron chi connectivity index (χ1n) is 6.33. The lowest BCUT2D eigenvalue weighted by molar-refractivity contribution is -0.127. The number of likely N-dealkylation sites (N-methyl/N-ethyl adjacent to an activating group) is 1. The van der Waals surface area contributed by atoms with Crippen LogP contribution < -0.4 is 4.72 Å². The van der Waals surface area contributed by atoms with Crippen LogP contribution in [0, 0.1) is 6.92 Å². The fourth-order valence-corrected chi connectivity index (χ4v) is 3.44. The van der Waals surface area contributed by atoms with Gasteiger partial charge >= 0.3 is 5.97 Å².